The number of alkyl halides is 1. The SMILES string of the molecule is CC(C)C1CNc2cc(C(=O)CCl)ccc2O1. The summed E-state index contributed by atoms with van der Waals surface area (Å²) >= 11 is 5.53. The average molecular weight is 254 g/mol. The van der Waals surface area contributed by atoms with Gasteiger partial charge in [0, 0.05) is 5.56 Å². The Balaban J connectivity index is 2.22. The Hall–Kier alpha value is -1.22. The highest BCUT2D eigenvalue weighted by Gasteiger charge is 2.22. The van der Waals surface area contributed by atoms with Crippen molar-refractivity contribution in [2.24, 2.45) is 5.92 Å². The normalized spacial score (nSPS) is 18.2. The molecule has 1 unspecified atom stereocenters. The minimum absolute atomic E-state index is 0.00820. The quantitative estimate of drug-likeness (QED) is 0.665. The molecule has 0 aliphatic carbocycles. The molecule has 0 aromatic heterocycles. The highest BCUT2D eigenvalue weighted by atomic mass is 35.5. The highest BCUT2D eigenvalue weighted by Crippen LogP contribution is 2.31. The summed E-state index contributed by atoms with van der Waals surface area (Å²) in [6, 6.07) is 5.39. The number of ether oxygens (including phenoxy) is 1. The number of rotatable bonds is 3. The second kappa shape index (κ2) is 4.96. The standard InChI is InChI=1S/C13H16ClNO2/c1-8(2)13-7-15-10-5-9(11(16)6-14)3-4-12(10)17-13/h3-5,8,13,15H,6-7H2,1-2H3. The lowest BCUT2D eigenvalue weighted by Gasteiger charge is -2.30. The summed E-state index contributed by atoms with van der Waals surface area (Å²) in [5, 5.41) is 3.29. The van der Waals surface area contributed by atoms with E-state index >= 15 is 0 Å². The van der Waals surface area contributed by atoms with Crippen LogP contribution in [0.1, 0.15) is 24.2 Å². The first-order valence-electron chi connectivity index (χ1n) is 5.75. The van der Waals surface area contributed by atoms with Gasteiger partial charge in [0.1, 0.15) is 11.9 Å². The van der Waals surface area contributed by atoms with Gasteiger partial charge in [-0.05, 0) is 24.1 Å². The summed E-state index contributed by atoms with van der Waals surface area (Å²) in [4.78, 5) is 11.5. The molecule has 17 heavy (non-hydrogen) atoms. The van der Waals surface area contributed by atoms with Gasteiger partial charge in [-0.3, -0.25) is 4.79 Å². The van der Waals surface area contributed by atoms with E-state index in [1.165, 1.54) is 0 Å². The van der Waals surface area contributed by atoms with E-state index in [2.05, 4.69) is 19.2 Å². The minimum atomic E-state index is -0.0674. The zero-order valence-electron chi connectivity index (χ0n) is 10.00. The van der Waals surface area contributed by atoms with Crippen LogP contribution in [0.2, 0.25) is 0 Å². The van der Waals surface area contributed by atoms with Gasteiger partial charge >= 0.3 is 0 Å². The van der Waals surface area contributed by atoms with Gasteiger partial charge in [-0.2, -0.15) is 0 Å². The molecule has 1 N–H and O–H groups in total. The largest absolute Gasteiger partial charge is 0.486 e. The average Bonchev–Trinajstić information content (AvgIpc) is 2.36. The number of carbonyl (C=O) groups is 1. The predicted molar refractivity (Wildman–Crippen MR) is 69.2 cm³/mol. The lowest BCUT2D eigenvalue weighted by Crippen LogP contribution is -2.35. The van der Waals surface area contributed by atoms with Gasteiger partial charge < -0.3 is 10.1 Å². The fourth-order valence-corrected chi connectivity index (χ4v) is 1.96. The summed E-state index contributed by atoms with van der Waals surface area (Å²) in [7, 11) is 0. The maximum Gasteiger partial charge on any atom is 0.177 e. The number of anilines is 1. The first-order chi connectivity index (χ1) is 8.11. The zero-order chi connectivity index (χ0) is 12.4. The molecule has 0 saturated carbocycles. The van der Waals surface area contributed by atoms with Crippen LogP contribution in [0.4, 0.5) is 5.69 Å². The van der Waals surface area contributed by atoms with E-state index in [-0.39, 0.29) is 17.8 Å². The zero-order valence-corrected chi connectivity index (χ0v) is 10.8. The van der Waals surface area contributed by atoms with Gasteiger partial charge in [-0.15, -0.1) is 11.6 Å². The molecule has 1 atom stereocenters. The van der Waals surface area contributed by atoms with Crippen molar-refractivity contribution < 1.29 is 9.53 Å². The van der Waals surface area contributed by atoms with Gasteiger partial charge in [0.05, 0.1) is 18.1 Å². The van der Waals surface area contributed by atoms with Crippen molar-refractivity contribution in [1.82, 2.24) is 0 Å². The molecular weight excluding hydrogens is 238 g/mol. The van der Waals surface area contributed by atoms with E-state index in [4.69, 9.17) is 16.3 Å². The van der Waals surface area contributed by atoms with Crippen molar-refractivity contribution in [2.45, 2.75) is 20.0 Å². The molecule has 1 aliphatic rings. The van der Waals surface area contributed by atoms with Crippen molar-refractivity contribution >= 4 is 23.1 Å². The molecule has 1 aromatic rings. The molecule has 2 rings (SSSR count). The van der Waals surface area contributed by atoms with Crippen molar-refractivity contribution in [3.05, 3.63) is 23.8 Å². The minimum Gasteiger partial charge on any atom is -0.486 e. The monoisotopic (exact) mass is 253 g/mol. The van der Waals surface area contributed by atoms with Crippen LogP contribution < -0.4 is 10.1 Å². The van der Waals surface area contributed by atoms with Crippen LogP contribution in [0.5, 0.6) is 5.75 Å². The third-order valence-corrected chi connectivity index (χ3v) is 3.18. The smallest absolute Gasteiger partial charge is 0.177 e. The van der Waals surface area contributed by atoms with Crippen LogP contribution >= 0.6 is 11.6 Å². The van der Waals surface area contributed by atoms with Crippen LogP contribution in [-0.2, 0) is 0 Å². The third-order valence-electron chi connectivity index (χ3n) is 2.94. The Morgan fingerprint density at radius 2 is 2.35 bits per heavy atom. The lowest BCUT2D eigenvalue weighted by molar-refractivity contribution is 0.102. The van der Waals surface area contributed by atoms with Gasteiger partial charge in [0.2, 0.25) is 0 Å². The van der Waals surface area contributed by atoms with E-state index in [1.54, 1.807) is 12.1 Å². The Morgan fingerprint density at radius 1 is 1.59 bits per heavy atom. The van der Waals surface area contributed by atoms with Crippen LogP contribution in [-0.4, -0.2) is 24.3 Å². The summed E-state index contributed by atoms with van der Waals surface area (Å²) < 4.78 is 5.85. The maximum atomic E-state index is 11.5. The second-order valence-corrected chi connectivity index (χ2v) is 4.82. The molecule has 0 amide bonds. The number of fused-ring (bicyclic) bond motifs is 1. The third kappa shape index (κ3) is 2.55. The molecule has 1 aliphatic heterocycles. The number of benzene rings is 1. The molecule has 0 radical (unpaired) electrons. The van der Waals surface area contributed by atoms with Crippen molar-refractivity contribution in [2.75, 3.05) is 17.7 Å². The fourth-order valence-electron chi connectivity index (χ4n) is 1.81. The molecule has 1 aromatic carbocycles. The molecule has 4 heteroatoms. The van der Waals surface area contributed by atoms with Gasteiger partial charge in [0.15, 0.2) is 5.78 Å². The van der Waals surface area contributed by atoms with Gasteiger partial charge in [-0.25, -0.2) is 0 Å². The van der Waals surface area contributed by atoms with Crippen LogP contribution in [0.15, 0.2) is 18.2 Å². The number of carbonyl (C=O) groups excluding carboxylic acids is 1. The van der Waals surface area contributed by atoms with Gasteiger partial charge in [0.25, 0.3) is 0 Å². The number of ketones is 1. The molecule has 0 bridgehead atoms. The number of hydrogen-bond donors (Lipinski definition) is 1. The molecule has 0 spiro atoms. The summed E-state index contributed by atoms with van der Waals surface area (Å²) in [5.41, 5.74) is 1.50. The molecule has 0 fully saturated rings. The number of Topliss-reactive ketones (excluding diaryl/α,β-unsaturated/α-hetero) is 1. The topological polar surface area (TPSA) is 38.3 Å². The van der Waals surface area contributed by atoms with Crippen molar-refractivity contribution in [3.8, 4) is 5.75 Å². The van der Waals surface area contributed by atoms with Crippen LogP contribution in [0, 0.1) is 5.92 Å². The van der Waals surface area contributed by atoms with Crippen LogP contribution in [0.25, 0.3) is 0 Å². The molecular formula is C13H16ClNO2. The Labute approximate surface area is 106 Å². The molecule has 1 heterocycles. The maximum absolute atomic E-state index is 11.5. The second-order valence-electron chi connectivity index (χ2n) is 4.55. The summed E-state index contributed by atoms with van der Waals surface area (Å²) in [6.45, 7) is 5.02. The number of hydrogen-bond acceptors (Lipinski definition) is 3. The summed E-state index contributed by atoms with van der Waals surface area (Å²) in [5.74, 6) is 1.21. The predicted octanol–water partition coefficient (Wildman–Crippen LogP) is 2.94. The first kappa shape index (κ1) is 12.2. The van der Waals surface area contributed by atoms with Crippen molar-refractivity contribution in [1.29, 1.82) is 0 Å². The summed E-state index contributed by atoms with van der Waals surface area (Å²) in [6.07, 6.45) is 0.178. The Kier molecular flexibility index (Phi) is 3.57. The molecule has 0 saturated heterocycles. The number of nitrogens with one attached hydrogen (secondary N) is 1. The molecule has 92 valence electrons. The number of halogens is 1. The lowest BCUT2D eigenvalue weighted by atomic mass is 10.0. The van der Waals surface area contributed by atoms with Crippen molar-refractivity contribution in [3.63, 3.8) is 0 Å². The van der Waals surface area contributed by atoms with E-state index in [0.717, 1.165) is 18.0 Å². The van der Waals surface area contributed by atoms with E-state index in [1.807, 2.05) is 6.07 Å². The Bertz CT molecular complexity index is 431. The van der Waals surface area contributed by atoms with Gasteiger partial charge in [-0.1, -0.05) is 13.8 Å². The highest BCUT2D eigenvalue weighted by molar-refractivity contribution is 6.30. The van der Waals surface area contributed by atoms with E-state index in [9.17, 15) is 4.79 Å². The van der Waals surface area contributed by atoms with E-state index < -0.39 is 0 Å². The van der Waals surface area contributed by atoms with Crippen LogP contribution in [0.3, 0.4) is 0 Å². The Morgan fingerprint density at radius 3 is 3.00 bits per heavy atom. The first-order valence-corrected chi connectivity index (χ1v) is 6.29. The van der Waals surface area contributed by atoms with E-state index in [0.29, 0.717) is 11.5 Å². The molecule has 3 nitrogen and oxygen atoms in total. The fraction of sp³-hybridized carbons (Fsp3) is 0.462.